The molecule has 0 bridgehead atoms. The van der Waals surface area contributed by atoms with Gasteiger partial charge in [0.15, 0.2) is 0 Å². The van der Waals surface area contributed by atoms with Gasteiger partial charge >= 0.3 is 5.92 Å². The molecule has 4 rings (SSSR count). The standard InChI is InChI=1S/C19H18F2O2/c1-10-9-23-16-12-6-7-13-11(5-4-8-18(13,2)3)15(12)19(20,21)17(22)14(10)16/h6-7,9H,4-5,8H2,1-3H3. The van der Waals surface area contributed by atoms with Gasteiger partial charge in [-0.3, -0.25) is 4.79 Å². The number of ketones is 1. The monoisotopic (exact) mass is 316 g/mol. The number of rotatable bonds is 0. The average molecular weight is 316 g/mol. The summed E-state index contributed by atoms with van der Waals surface area (Å²) in [6, 6.07) is 3.63. The Morgan fingerprint density at radius 2 is 1.96 bits per heavy atom. The summed E-state index contributed by atoms with van der Waals surface area (Å²) in [7, 11) is 0. The van der Waals surface area contributed by atoms with E-state index in [4.69, 9.17) is 4.42 Å². The smallest absolute Gasteiger partial charge is 0.336 e. The van der Waals surface area contributed by atoms with Crippen molar-refractivity contribution in [3.8, 4) is 11.3 Å². The number of hydrogen-bond donors (Lipinski definition) is 0. The van der Waals surface area contributed by atoms with Crippen LogP contribution in [-0.4, -0.2) is 5.78 Å². The van der Waals surface area contributed by atoms with E-state index in [9.17, 15) is 13.6 Å². The van der Waals surface area contributed by atoms with E-state index in [-0.39, 0.29) is 16.5 Å². The Balaban J connectivity index is 2.10. The van der Waals surface area contributed by atoms with Crippen LogP contribution in [0.4, 0.5) is 8.78 Å². The quantitative estimate of drug-likeness (QED) is 0.672. The van der Waals surface area contributed by atoms with E-state index in [1.165, 1.54) is 6.26 Å². The van der Waals surface area contributed by atoms with Crippen LogP contribution >= 0.6 is 0 Å². The highest BCUT2D eigenvalue weighted by Crippen LogP contribution is 2.51. The van der Waals surface area contributed by atoms with Gasteiger partial charge in [0.1, 0.15) is 5.76 Å². The molecule has 23 heavy (non-hydrogen) atoms. The Morgan fingerprint density at radius 1 is 1.22 bits per heavy atom. The number of alkyl halides is 2. The maximum absolute atomic E-state index is 15.0. The summed E-state index contributed by atoms with van der Waals surface area (Å²) < 4.78 is 35.4. The van der Waals surface area contributed by atoms with Crippen LogP contribution in [0.5, 0.6) is 0 Å². The van der Waals surface area contributed by atoms with Gasteiger partial charge < -0.3 is 4.42 Å². The highest BCUT2D eigenvalue weighted by atomic mass is 19.3. The van der Waals surface area contributed by atoms with Crippen molar-refractivity contribution in [1.82, 2.24) is 0 Å². The predicted molar refractivity (Wildman–Crippen MR) is 83.1 cm³/mol. The molecular formula is C19H18F2O2. The molecule has 0 fully saturated rings. The molecule has 0 radical (unpaired) electrons. The first-order chi connectivity index (χ1) is 10.7. The Labute approximate surface area is 133 Å². The fourth-order valence-electron chi connectivity index (χ4n) is 4.13. The highest BCUT2D eigenvalue weighted by Gasteiger charge is 2.52. The van der Waals surface area contributed by atoms with Gasteiger partial charge in [0, 0.05) is 11.1 Å². The average Bonchev–Trinajstić information content (AvgIpc) is 2.86. The number of hydrogen-bond acceptors (Lipinski definition) is 2. The van der Waals surface area contributed by atoms with Crippen molar-refractivity contribution in [2.24, 2.45) is 0 Å². The summed E-state index contributed by atoms with van der Waals surface area (Å²) in [6.45, 7) is 5.77. The fourth-order valence-corrected chi connectivity index (χ4v) is 4.13. The first-order valence-electron chi connectivity index (χ1n) is 7.93. The summed E-state index contributed by atoms with van der Waals surface area (Å²) in [5, 5.41) is 0. The van der Waals surface area contributed by atoms with Crippen LogP contribution in [-0.2, 0) is 17.8 Å². The van der Waals surface area contributed by atoms with E-state index < -0.39 is 11.7 Å². The molecule has 2 aliphatic carbocycles. The largest absolute Gasteiger partial charge is 0.463 e. The molecule has 0 saturated carbocycles. The minimum absolute atomic E-state index is 0.0255. The van der Waals surface area contributed by atoms with Gasteiger partial charge in [-0.25, -0.2) is 0 Å². The van der Waals surface area contributed by atoms with Gasteiger partial charge in [-0.05, 0) is 48.3 Å². The second kappa shape index (κ2) is 4.31. The molecule has 0 N–H and O–H groups in total. The third kappa shape index (κ3) is 1.75. The number of carbonyl (C=O) groups excluding carboxylic acids is 1. The van der Waals surface area contributed by atoms with Crippen LogP contribution in [0, 0.1) is 6.92 Å². The lowest BCUT2D eigenvalue weighted by molar-refractivity contribution is 0.00581. The van der Waals surface area contributed by atoms with Crippen LogP contribution in [0.1, 0.15) is 59.3 Å². The molecule has 2 nitrogen and oxygen atoms in total. The molecule has 1 heterocycles. The summed E-state index contributed by atoms with van der Waals surface area (Å²) in [4.78, 5) is 12.4. The summed E-state index contributed by atoms with van der Waals surface area (Å²) in [6.07, 6.45) is 3.78. The molecule has 0 unspecified atom stereocenters. The Morgan fingerprint density at radius 3 is 2.70 bits per heavy atom. The van der Waals surface area contributed by atoms with Crippen LogP contribution in [0.15, 0.2) is 22.8 Å². The molecule has 0 saturated heterocycles. The number of carbonyl (C=O) groups is 1. The van der Waals surface area contributed by atoms with Crippen molar-refractivity contribution < 1.29 is 18.0 Å². The van der Waals surface area contributed by atoms with Crippen LogP contribution < -0.4 is 0 Å². The molecule has 0 aliphatic heterocycles. The van der Waals surface area contributed by atoms with E-state index >= 15 is 0 Å². The lowest BCUT2D eigenvalue weighted by atomic mass is 9.68. The second-order valence-electron chi connectivity index (χ2n) is 7.28. The SMILES string of the molecule is Cc1coc2c1C(=O)C(F)(F)c1c-2ccc2c1CCCC2(C)C. The number of fused-ring (bicyclic) bond motifs is 5. The molecule has 120 valence electrons. The van der Waals surface area contributed by atoms with Crippen LogP contribution in [0.25, 0.3) is 11.3 Å². The minimum atomic E-state index is -3.49. The first-order valence-corrected chi connectivity index (χ1v) is 7.93. The van der Waals surface area contributed by atoms with Crippen molar-refractivity contribution in [1.29, 1.82) is 0 Å². The van der Waals surface area contributed by atoms with Gasteiger partial charge in [-0.2, -0.15) is 8.78 Å². The zero-order valence-corrected chi connectivity index (χ0v) is 13.4. The molecule has 1 aromatic carbocycles. The number of aryl methyl sites for hydroxylation is 1. The van der Waals surface area contributed by atoms with E-state index in [1.807, 2.05) is 6.07 Å². The third-order valence-corrected chi connectivity index (χ3v) is 5.32. The Hall–Kier alpha value is -1.97. The molecule has 0 spiro atoms. The van der Waals surface area contributed by atoms with E-state index in [1.54, 1.807) is 13.0 Å². The van der Waals surface area contributed by atoms with Crippen molar-refractivity contribution in [3.05, 3.63) is 46.2 Å². The van der Waals surface area contributed by atoms with Gasteiger partial charge in [0.25, 0.3) is 0 Å². The minimum Gasteiger partial charge on any atom is -0.463 e. The molecule has 0 atom stereocenters. The molecule has 2 aliphatic rings. The lowest BCUT2D eigenvalue weighted by Crippen LogP contribution is -2.35. The van der Waals surface area contributed by atoms with Gasteiger partial charge in [-0.1, -0.05) is 26.0 Å². The lowest BCUT2D eigenvalue weighted by Gasteiger charge is -2.36. The topological polar surface area (TPSA) is 30.2 Å². The molecule has 0 amide bonds. The third-order valence-electron chi connectivity index (χ3n) is 5.32. The van der Waals surface area contributed by atoms with Crippen molar-refractivity contribution in [3.63, 3.8) is 0 Å². The van der Waals surface area contributed by atoms with Crippen molar-refractivity contribution in [2.45, 2.75) is 51.4 Å². The Kier molecular flexibility index (Phi) is 2.74. The number of benzene rings is 1. The van der Waals surface area contributed by atoms with E-state index in [2.05, 4.69) is 13.8 Å². The maximum atomic E-state index is 15.0. The zero-order chi connectivity index (χ0) is 16.6. The summed E-state index contributed by atoms with van der Waals surface area (Å²) >= 11 is 0. The normalized spacial score (nSPS) is 20.7. The molecule has 4 heteroatoms. The zero-order valence-electron chi connectivity index (χ0n) is 13.4. The van der Waals surface area contributed by atoms with Crippen molar-refractivity contribution >= 4 is 5.78 Å². The van der Waals surface area contributed by atoms with Gasteiger partial charge in [-0.15, -0.1) is 0 Å². The van der Waals surface area contributed by atoms with E-state index in [0.29, 0.717) is 28.9 Å². The fraction of sp³-hybridized carbons (Fsp3) is 0.421. The summed E-state index contributed by atoms with van der Waals surface area (Å²) in [5.41, 5.74) is 2.15. The van der Waals surface area contributed by atoms with Crippen molar-refractivity contribution in [2.75, 3.05) is 0 Å². The second-order valence-corrected chi connectivity index (χ2v) is 7.28. The number of furan rings is 1. The van der Waals surface area contributed by atoms with Crippen LogP contribution in [0.2, 0.25) is 0 Å². The molecular weight excluding hydrogens is 298 g/mol. The van der Waals surface area contributed by atoms with E-state index in [0.717, 1.165) is 18.4 Å². The van der Waals surface area contributed by atoms with Gasteiger partial charge in [0.2, 0.25) is 5.78 Å². The predicted octanol–water partition coefficient (Wildman–Crippen LogP) is 5.16. The Bertz CT molecular complexity index is 843. The van der Waals surface area contributed by atoms with Crippen LogP contribution in [0.3, 0.4) is 0 Å². The first kappa shape index (κ1) is 14.6. The number of Topliss-reactive ketones (excluding diaryl/α,β-unsaturated/α-hetero) is 1. The summed E-state index contributed by atoms with van der Waals surface area (Å²) in [5.74, 6) is -4.34. The number of halogens is 2. The highest BCUT2D eigenvalue weighted by molar-refractivity contribution is 6.11. The molecule has 2 aromatic rings. The molecule has 1 aromatic heterocycles. The van der Waals surface area contributed by atoms with Gasteiger partial charge in [0.05, 0.1) is 11.8 Å². The maximum Gasteiger partial charge on any atom is 0.336 e.